The molecule has 0 bridgehead atoms. The second-order valence-corrected chi connectivity index (χ2v) is 5.94. The highest BCUT2D eigenvalue weighted by Crippen LogP contribution is 2.21. The van der Waals surface area contributed by atoms with Crippen LogP contribution in [0.4, 0.5) is 0 Å². The molecule has 1 heterocycles. The number of hydrogen-bond donors (Lipinski definition) is 1. The lowest BCUT2D eigenvalue weighted by atomic mass is 9.96. The number of hydrogen-bond acceptors (Lipinski definition) is 2. The van der Waals surface area contributed by atoms with Gasteiger partial charge in [0.25, 0.3) is 0 Å². The molecule has 18 heavy (non-hydrogen) atoms. The van der Waals surface area contributed by atoms with E-state index in [1.807, 2.05) is 57.2 Å². The molecule has 0 aliphatic carbocycles. The monoisotopic (exact) mass is 258 g/mol. The fourth-order valence-electron chi connectivity index (χ4n) is 2.17. The summed E-state index contributed by atoms with van der Waals surface area (Å²) in [6.07, 6.45) is 4.05. The van der Waals surface area contributed by atoms with Crippen molar-refractivity contribution in [2.24, 2.45) is 0 Å². The van der Waals surface area contributed by atoms with E-state index in [-0.39, 0.29) is 5.48 Å². The molecule has 2 nitrogen and oxygen atoms in total. The van der Waals surface area contributed by atoms with Crippen LogP contribution in [0.5, 0.6) is 0 Å². The number of allylic oxidation sites excluding steroid dienone is 3. The van der Waals surface area contributed by atoms with Crippen molar-refractivity contribution in [3.63, 3.8) is 0 Å². The van der Waals surface area contributed by atoms with E-state index in [1.54, 1.807) is 0 Å². The first-order valence-corrected chi connectivity index (χ1v) is 6.86. The van der Waals surface area contributed by atoms with Gasteiger partial charge in [-0.1, -0.05) is 50.2 Å². The molecule has 0 saturated heterocycles. The van der Waals surface area contributed by atoms with Crippen LogP contribution in [0, 0.1) is 0 Å². The standard InChI is InChI=1S/C15H18NOP/c1-11-9-12(2)16-15(3,10-11)14(17)18-13-7-5-4-6-8-13/h4-10,16-17H,1-3H3/p-1. The minimum Gasteiger partial charge on any atom is -0.825 e. The highest BCUT2D eigenvalue weighted by Gasteiger charge is 2.22. The predicted molar refractivity (Wildman–Crippen MR) is 77.1 cm³/mol. The van der Waals surface area contributed by atoms with Crippen molar-refractivity contribution in [3.8, 4) is 0 Å². The molecule has 0 fully saturated rings. The van der Waals surface area contributed by atoms with Crippen LogP contribution < -0.4 is 15.7 Å². The van der Waals surface area contributed by atoms with Crippen molar-refractivity contribution in [1.82, 2.24) is 5.32 Å². The van der Waals surface area contributed by atoms with Crippen molar-refractivity contribution >= 4 is 19.0 Å². The molecule has 2 rings (SSSR count). The van der Waals surface area contributed by atoms with Crippen LogP contribution in [-0.4, -0.2) is 11.0 Å². The van der Waals surface area contributed by atoms with Gasteiger partial charge in [-0.25, -0.2) is 0 Å². The Labute approximate surface area is 110 Å². The van der Waals surface area contributed by atoms with Gasteiger partial charge >= 0.3 is 0 Å². The number of benzene rings is 1. The second-order valence-electron chi connectivity index (χ2n) is 4.80. The summed E-state index contributed by atoms with van der Waals surface area (Å²) in [6.45, 7) is 5.95. The first kappa shape index (κ1) is 13.1. The van der Waals surface area contributed by atoms with Gasteiger partial charge in [-0.3, -0.25) is 0 Å². The summed E-state index contributed by atoms with van der Waals surface area (Å²) in [7, 11) is 0.733. The number of rotatable bonds is 2. The second kappa shape index (κ2) is 5.09. The van der Waals surface area contributed by atoms with Crippen LogP contribution >= 0.6 is 8.20 Å². The van der Waals surface area contributed by atoms with Crippen LogP contribution in [0.3, 0.4) is 0 Å². The Balaban J connectivity index is 2.32. The Hall–Kier alpha value is -1.37. The third kappa shape index (κ3) is 2.90. The van der Waals surface area contributed by atoms with Gasteiger partial charge < -0.3 is 10.4 Å². The van der Waals surface area contributed by atoms with Gasteiger partial charge in [-0.2, -0.15) is 0 Å². The molecular formula is C15H17NOP-. The van der Waals surface area contributed by atoms with E-state index in [2.05, 4.69) is 11.4 Å². The lowest BCUT2D eigenvalue weighted by Gasteiger charge is -2.38. The molecule has 1 N–H and O–H groups in total. The summed E-state index contributed by atoms with van der Waals surface area (Å²) < 4.78 is 0. The summed E-state index contributed by atoms with van der Waals surface area (Å²) in [5, 5.41) is 16.7. The highest BCUT2D eigenvalue weighted by atomic mass is 31.1. The third-order valence-corrected chi connectivity index (χ3v) is 4.07. The molecule has 0 spiro atoms. The Morgan fingerprint density at radius 2 is 1.89 bits per heavy atom. The molecule has 0 amide bonds. The van der Waals surface area contributed by atoms with Gasteiger partial charge in [0.15, 0.2) is 0 Å². The Morgan fingerprint density at radius 1 is 1.22 bits per heavy atom. The van der Waals surface area contributed by atoms with Gasteiger partial charge in [0.05, 0.1) is 5.54 Å². The van der Waals surface area contributed by atoms with Crippen molar-refractivity contribution in [2.75, 3.05) is 0 Å². The van der Waals surface area contributed by atoms with Crippen LogP contribution in [0.15, 0.2) is 53.8 Å². The van der Waals surface area contributed by atoms with Crippen molar-refractivity contribution in [2.45, 2.75) is 26.3 Å². The Bertz CT molecular complexity index is 531. The molecule has 3 heteroatoms. The van der Waals surface area contributed by atoms with E-state index in [1.165, 1.54) is 0 Å². The maximum Gasteiger partial charge on any atom is 0.0637 e. The lowest BCUT2D eigenvalue weighted by molar-refractivity contribution is -0.217. The molecule has 0 aromatic heterocycles. The third-order valence-electron chi connectivity index (χ3n) is 2.85. The van der Waals surface area contributed by atoms with Gasteiger partial charge in [-0.15, -0.1) is 5.48 Å². The molecule has 1 aromatic carbocycles. The lowest BCUT2D eigenvalue weighted by Crippen LogP contribution is -2.53. The summed E-state index contributed by atoms with van der Waals surface area (Å²) in [5.41, 5.74) is 1.74. The van der Waals surface area contributed by atoms with E-state index < -0.39 is 5.54 Å². The Morgan fingerprint density at radius 3 is 2.50 bits per heavy atom. The number of dihydropyridines is 1. The van der Waals surface area contributed by atoms with E-state index >= 15 is 0 Å². The van der Waals surface area contributed by atoms with Gasteiger partial charge in [0.2, 0.25) is 0 Å². The summed E-state index contributed by atoms with van der Waals surface area (Å²) in [4.78, 5) is 0. The van der Waals surface area contributed by atoms with E-state index in [0.717, 1.165) is 24.8 Å². The molecule has 1 aliphatic heterocycles. The fourth-order valence-corrected chi connectivity index (χ4v) is 3.08. The quantitative estimate of drug-likeness (QED) is 0.823. The topological polar surface area (TPSA) is 35.1 Å². The van der Waals surface area contributed by atoms with Crippen molar-refractivity contribution in [3.05, 3.63) is 53.8 Å². The zero-order valence-electron chi connectivity index (χ0n) is 10.9. The zero-order chi connectivity index (χ0) is 13.2. The number of nitrogens with one attached hydrogen (secondary N) is 1. The van der Waals surface area contributed by atoms with E-state index in [0.29, 0.717) is 0 Å². The van der Waals surface area contributed by atoms with E-state index in [4.69, 9.17) is 0 Å². The first-order chi connectivity index (χ1) is 8.49. The Kier molecular flexibility index (Phi) is 3.70. The molecule has 1 aromatic rings. The molecule has 1 atom stereocenters. The minimum absolute atomic E-state index is 0.167. The summed E-state index contributed by atoms with van der Waals surface area (Å²) in [6, 6.07) is 9.83. The van der Waals surface area contributed by atoms with Crippen LogP contribution in [-0.2, 0) is 0 Å². The maximum absolute atomic E-state index is 12.4. The smallest absolute Gasteiger partial charge is 0.0637 e. The first-order valence-electron chi connectivity index (χ1n) is 5.97. The van der Waals surface area contributed by atoms with Gasteiger partial charge in [-0.05, 0) is 26.8 Å². The minimum atomic E-state index is -0.597. The van der Waals surface area contributed by atoms with Crippen molar-refractivity contribution in [1.29, 1.82) is 0 Å². The predicted octanol–water partition coefficient (Wildman–Crippen LogP) is 1.96. The average Bonchev–Trinajstić information content (AvgIpc) is 2.28. The average molecular weight is 258 g/mol. The molecule has 0 saturated carbocycles. The fraction of sp³-hybridized carbons (Fsp3) is 0.267. The molecule has 1 unspecified atom stereocenters. The molecule has 1 aliphatic rings. The molecule has 94 valence electrons. The van der Waals surface area contributed by atoms with Crippen molar-refractivity contribution < 1.29 is 5.11 Å². The summed E-state index contributed by atoms with van der Waals surface area (Å²) >= 11 is 0. The zero-order valence-corrected chi connectivity index (χ0v) is 11.8. The highest BCUT2D eigenvalue weighted by molar-refractivity contribution is 7.48. The molecular weight excluding hydrogens is 241 g/mol. The molecule has 0 radical (unpaired) electrons. The van der Waals surface area contributed by atoms with Gasteiger partial charge in [0.1, 0.15) is 0 Å². The normalized spacial score (nSPS) is 24.1. The van der Waals surface area contributed by atoms with Crippen LogP contribution in [0.1, 0.15) is 20.8 Å². The van der Waals surface area contributed by atoms with Crippen LogP contribution in [0.2, 0.25) is 0 Å². The summed E-state index contributed by atoms with van der Waals surface area (Å²) in [5.74, 6) is 0. The van der Waals surface area contributed by atoms with Gasteiger partial charge in [0, 0.05) is 11.0 Å². The largest absolute Gasteiger partial charge is 0.825 e. The van der Waals surface area contributed by atoms with E-state index in [9.17, 15) is 5.11 Å². The van der Waals surface area contributed by atoms with Crippen LogP contribution in [0.25, 0.3) is 0 Å². The maximum atomic E-state index is 12.4. The SMILES string of the molecule is CC1=CC(C)(C([O-])=Pc2ccccc2)NC(C)=C1.